The minimum absolute atomic E-state index is 0.00149. The Morgan fingerprint density at radius 3 is 2.65 bits per heavy atom. The molecule has 0 aromatic heterocycles. The van der Waals surface area contributed by atoms with Crippen molar-refractivity contribution >= 4 is 28.9 Å². The van der Waals surface area contributed by atoms with Crippen LogP contribution in [0.2, 0.25) is 0 Å². The molecule has 8 nitrogen and oxygen atoms in total. The van der Waals surface area contributed by atoms with Crippen molar-refractivity contribution in [2.24, 2.45) is 0 Å². The van der Waals surface area contributed by atoms with Crippen LogP contribution in [0.5, 0.6) is 5.75 Å². The lowest BCUT2D eigenvalue weighted by Gasteiger charge is -2.29. The first-order chi connectivity index (χ1) is 12.5. The summed E-state index contributed by atoms with van der Waals surface area (Å²) in [6.07, 6.45) is 0.796. The Balaban J connectivity index is 1.81. The van der Waals surface area contributed by atoms with Crippen LogP contribution >= 0.6 is 0 Å². The highest BCUT2D eigenvalue weighted by atomic mass is 16.6. The zero-order valence-electron chi connectivity index (χ0n) is 14.1. The summed E-state index contributed by atoms with van der Waals surface area (Å²) in [7, 11) is 0. The first-order valence-electron chi connectivity index (χ1n) is 8.12. The summed E-state index contributed by atoms with van der Waals surface area (Å²) in [6.45, 7) is 2.54. The minimum Gasteiger partial charge on any atom is -0.482 e. The first-order valence-corrected chi connectivity index (χ1v) is 8.12. The summed E-state index contributed by atoms with van der Waals surface area (Å²) in [5.41, 5.74) is 1.34. The maximum Gasteiger partial charge on any atom is 0.269 e. The van der Waals surface area contributed by atoms with E-state index in [0.717, 1.165) is 6.42 Å². The number of nitrogens with zero attached hydrogens (tertiary/aromatic N) is 2. The van der Waals surface area contributed by atoms with E-state index >= 15 is 0 Å². The van der Waals surface area contributed by atoms with Crippen molar-refractivity contribution in [2.45, 2.75) is 13.3 Å². The van der Waals surface area contributed by atoms with Gasteiger partial charge in [0.1, 0.15) is 5.75 Å². The van der Waals surface area contributed by atoms with Crippen molar-refractivity contribution in [1.82, 2.24) is 0 Å². The van der Waals surface area contributed by atoms with Gasteiger partial charge in [-0.25, -0.2) is 0 Å². The lowest BCUT2D eigenvalue weighted by molar-refractivity contribution is -0.384. The summed E-state index contributed by atoms with van der Waals surface area (Å²) in [5, 5.41) is 13.4. The number of anilines is 2. The fraction of sp³-hybridized carbons (Fsp3) is 0.222. The van der Waals surface area contributed by atoms with Gasteiger partial charge in [-0.15, -0.1) is 0 Å². The molecule has 1 aliphatic heterocycles. The van der Waals surface area contributed by atoms with Gasteiger partial charge in [0.05, 0.1) is 10.6 Å². The van der Waals surface area contributed by atoms with E-state index in [1.807, 2.05) is 6.92 Å². The average Bonchev–Trinajstić information content (AvgIpc) is 2.64. The summed E-state index contributed by atoms with van der Waals surface area (Å²) in [5.74, 6) is 0.0644. The lowest BCUT2D eigenvalue weighted by atomic mass is 10.1. The highest BCUT2D eigenvalue weighted by Gasteiger charge is 2.25. The standard InChI is InChI=1S/C18H17N3O5/c1-2-9-20-15-10-13(5-8-16(15)26-11-17(20)22)19-18(23)12-3-6-14(7-4-12)21(24)25/h3-8,10H,2,9,11H2,1H3,(H,19,23). The highest BCUT2D eigenvalue weighted by Crippen LogP contribution is 2.34. The Kier molecular flexibility index (Phi) is 4.83. The second-order valence-electron chi connectivity index (χ2n) is 5.77. The molecule has 0 unspecified atom stereocenters. The number of ether oxygens (including phenoxy) is 1. The quantitative estimate of drug-likeness (QED) is 0.656. The van der Waals surface area contributed by atoms with Crippen molar-refractivity contribution in [2.75, 3.05) is 23.4 Å². The molecule has 2 aromatic carbocycles. The average molecular weight is 355 g/mol. The SMILES string of the molecule is CCCN1C(=O)COc2ccc(NC(=O)c3ccc([N+](=O)[O-])cc3)cc21. The second-order valence-corrected chi connectivity index (χ2v) is 5.77. The van der Waals surface area contributed by atoms with Gasteiger partial charge in [0.25, 0.3) is 17.5 Å². The maximum absolute atomic E-state index is 12.3. The van der Waals surface area contributed by atoms with E-state index in [2.05, 4.69) is 5.32 Å². The second kappa shape index (κ2) is 7.22. The van der Waals surface area contributed by atoms with Crippen molar-refractivity contribution in [1.29, 1.82) is 0 Å². The number of carbonyl (C=O) groups excluding carboxylic acids is 2. The number of nitro benzene ring substituents is 1. The number of benzene rings is 2. The summed E-state index contributed by atoms with van der Waals surface area (Å²) < 4.78 is 5.42. The van der Waals surface area contributed by atoms with Gasteiger partial charge in [0.2, 0.25) is 0 Å². The molecule has 0 fully saturated rings. The van der Waals surface area contributed by atoms with Gasteiger partial charge in [0.15, 0.2) is 6.61 Å². The molecule has 0 spiro atoms. The van der Waals surface area contributed by atoms with Crippen LogP contribution < -0.4 is 15.0 Å². The molecular formula is C18H17N3O5. The Hall–Kier alpha value is -3.42. The van der Waals surface area contributed by atoms with Crippen molar-refractivity contribution in [3.8, 4) is 5.75 Å². The van der Waals surface area contributed by atoms with Gasteiger partial charge < -0.3 is 15.0 Å². The van der Waals surface area contributed by atoms with E-state index in [-0.39, 0.29) is 18.2 Å². The number of nitro groups is 1. The van der Waals surface area contributed by atoms with Gasteiger partial charge in [0, 0.05) is 29.9 Å². The molecule has 0 aliphatic carbocycles. The molecule has 1 aliphatic rings. The highest BCUT2D eigenvalue weighted by molar-refractivity contribution is 6.05. The van der Waals surface area contributed by atoms with Gasteiger partial charge in [-0.05, 0) is 36.8 Å². The monoisotopic (exact) mass is 355 g/mol. The third-order valence-electron chi connectivity index (χ3n) is 3.95. The molecule has 2 amide bonds. The maximum atomic E-state index is 12.3. The molecule has 0 bridgehead atoms. The third kappa shape index (κ3) is 3.49. The Morgan fingerprint density at radius 2 is 2.00 bits per heavy atom. The zero-order chi connectivity index (χ0) is 18.7. The molecule has 0 saturated heterocycles. The van der Waals surface area contributed by atoms with Gasteiger partial charge in [-0.3, -0.25) is 19.7 Å². The van der Waals surface area contributed by atoms with E-state index in [0.29, 0.717) is 29.2 Å². The van der Waals surface area contributed by atoms with E-state index in [4.69, 9.17) is 4.74 Å². The number of carbonyl (C=O) groups is 2. The van der Waals surface area contributed by atoms with Crippen LogP contribution in [0.15, 0.2) is 42.5 Å². The number of hydrogen-bond donors (Lipinski definition) is 1. The Labute approximate surface area is 149 Å². The predicted molar refractivity (Wildman–Crippen MR) is 95.6 cm³/mol. The molecule has 8 heteroatoms. The summed E-state index contributed by atoms with van der Waals surface area (Å²) >= 11 is 0. The van der Waals surface area contributed by atoms with Crippen molar-refractivity contribution in [3.05, 3.63) is 58.1 Å². The molecule has 2 aromatic rings. The summed E-state index contributed by atoms with van der Waals surface area (Å²) in [4.78, 5) is 36.2. The molecule has 0 atom stereocenters. The van der Waals surface area contributed by atoms with Crippen LogP contribution in [0.25, 0.3) is 0 Å². The molecule has 3 rings (SSSR count). The molecule has 0 saturated carbocycles. The van der Waals surface area contributed by atoms with Crippen LogP contribution in [0.4, 0.5) is 17.1 Å². The van der Waals surface area contributed by atoms with E-state index in [1.165, 1.54) is 24.3 Å². The number of non-ortho nitro benzene ring substituents is 1. The normalized spacial score (nSPS) is 13.0. The van der Waals surface area contributed by atoms with Crippen LogP contribution in [-0.4, -0.2) is 29.9 Å². The number of nitrogens with one attached hydrogen (secondary N) is 1. The molecule has 0 radical (unpaired) electrons. The molecular weight excluding hydrogens is 338 g/mol. The molecule has 134 valence electrons. The largest absolute Gasteiger partial charge is 0.482 e. The number of rotatable bonds is 5. The number of hydrogen-bond acceptors (Lipinski definition) is 5. The fourth-order valence-corrected chi connectivity index (χ4v) is 2.69. The summed E-state index contributed by atoms with van der Waals surface area (Å²) in [6, 6.07) is 10.4. The third-order valence-corrected chi connectivity index (χ3v) is 3.95. The van der Waals surface area contributed by atoms with Crippen LogP contribution in [-0.2, 0) is 4.79 Å². The molecule has 1 heterocycles. The predicted octanol–water partition coefficient (Wildman–Crippen LogP) is 2.98. The molecule has 1 N–H and O–H groups in total. The van der Waals surface area contributed by atoms with Crippen molar-refractivity contribution in [3.63, 3.8) is 0 Å². The smallest absolute Gasteiger partial charge is 0.269 e. The van der Waals surface area contributed by atoms with E-state index < -0.39 is 10.8 Å². The zero-order valence-corrected chi connectivity index (χ0v) is 14.1. The Bertz CT molecular complexity index is 864. The van der Waals surface area contributed by atoms with Gasteiger partial charge in [-0.1, -0.05) is 6.92 Å². The topological polar surface area (TPSA) is 102 Å². The number of fused-ring (bicyclic) bond motifs is 1. The van der Waals surface area contributed by atoms with Crippen LogP contribution in [0.3, 0.4) is 0 Å². The first kappa shape index (κ1) is 17.4. The Morgan fingerprint density at radius 1 is 1.27 bits per heavy atom. The van der Waals surface area contributed by atoms with Crippen molar-refractivity contribution < 1.29 is 19.2 Å². The fourth-order valence-electron chi connectivity index (χ4n) is 2.69. The number of amides is 2. The lowest BCUT2D eigenvalue weighted by Crippen LogP contribution is -2.39. The van der Waals surface area contributed by atoms with Crippen LogP contribution in [0, 0.1) is 10.1 Å². The van der Waals surface area contributed by atoms with Gasteiger partial charge >= 0.3 is 0 Å². The van der Waals surface area contributed by atoms with Crippen LogP contribution in [0.1, 0.15) is 23.7 Å². The minimum atomic E-state index is -0.523. The molecule has 26 heavy (non-hydrogen) atoms. The van der Waals surface area contributed by atoms with E-state index in [1.54, 1.807) is 23.1 Å². The van der Waals surface area contributed by atoms with E-state index in [9.17, 15) is 19.7 Å². The van der Waals surface area contributed by atoms with Gasteiger partial charge in [-0.2, -0.15) is 0 Å².